The Morgan fingerprint density at radius 1 is 1.58 bits per heavy atom. The molecule has 0 saturated carbocycles. The van der Waals surface area contributed by atoms with Gasteiger partial charge in [-0.05, 0) is 19.1 Å². The van der Waals surface area contributed by atoms with Crippen LogP contribution in [-0.4, -0.2) is 29.8 Å². The fraction of sp³-hybridized carbons (Fsp3) is 0.500. The molecule has 0 amide bonds. The Kier molecular flexibility index (Phi) is 3.47. The second-order valence-corrected chi connectivity index (χ2v) is 2.45. The lowest BCUT2D eigenvalue weighted by Crippen LogP contribution is -2.29. The van der Waals surface area contributed by atoms with E-state index in [1.54, 1.807) is 6.20 Å². The van der Waals surface area contributed by atoms with Gasteiger partial charge in [0.2, 0.25) is 0 Å². The lowest BCUT2D eigenvalue weighted by Gasteiger charge is -2.19. The molecule has 1 aromatic rings. The molecule has 66 valence electrons. The molecule has 0 fully saturated rings. The standard InChI is InChI=1S/C8H14N4/c1-2-12(7-5-9)8-4-3-6-10-11-8/h3-4,6H,2,5,7,9H2,1H3. The summed E-state index contributed by atoms with van der Waals surface area (Å²) in [6.07, 6.45) is 1.67. The third kappa shape index (κ3) is 2.17. The van der Waals surface area contributed by atoms with Crippen LogP contribution in [0.1, 0.15) is 6.92 Å². The number of nitrogens with zero attached hydrogens (tertiary/aromatic N) is 3. The summed E-state index contributed by atoms with van der Waals surface area (Å²) >= 11 is 0. The highest BCUT2D eigenvalue weighted by Gasteiger charge is 2.02. The quantitative estimate of drug-likeness (QED) is 0.697. The predicted molar refractivity (Wildman–Crippen MR) is 49.0 cm³/mol. The van der Waals surface area contributed by atoms with Gasteiger partial charge in [0.05, 0.1) is 0 Å². The van der Waals surface area contributed by atoms with Gasteiger partial charge < -0.3 is 10.6 Å². The van der Waals surface area contributed by atoms with E-state index in [-0.39, 0.29) is 0 Å². The van der Waals surface area contributed by atoms with Gasteiger partial charge in [0, 0.05) is 25.8 Å². The van der Waals surface area contributed by atoms with Crippen molar-refractivity contribution < 1.29 is 0 Å². The Balaban J connectivity index is 2.66. The van der Waals surface area contributed by atoms with Crippen molar-refractivity contribution >= 4 is 5.82 Å². The summed E-state index contributed by atoms with van der Waals surface area (Å²) in [6.45, 7) is 4.46. The summed E-state index contributed by atoms with van der Waals surface area (Å²) < 4.78 is 0. The van der Waals surface area contributed by atoms with Gasteiger partial charge in [0.25, 0.3) is 0 Å². The molecule has 0 aromatic carbocycles. The lowest BCUT2D eigenvalue weighted by atomic mass is 10.4. The highest BCUT2D eigenvalue weighted by molar-refractivity contribution is 5.35. The van der Waals surface area contributed by atoms with E-state index < -0.39 is 0 Å². The Labute approximate surface area is 72.4 Å². The number of hydrogen-bond donors (Lipinski definition) is 1. The molecule has 0 spiro atoms. The summed E-state index contributed by atoms with van der Waals surface area (Å²) in [5.41, 5.74) is 5.45. The van der Waals surface area contributed by atoms with Gasteiger partial charge >= 0.3 is 0 Å². The summed E-state index contributed by atoms with van der Waals surface area (Å²) in [6, 6.07) is 3.81. The topological polar surface area (TPSA) is 55.0 Å². The maximum absolute atomic E-state index is 5.45. The Morgan fingerprint density at radius 3 is 2.92 bits per heavy atom. The van der Waals surface area contributed by atoms with Crippen LogP contribution < -0.4 is 10.6 Å². The van der Waals surface area contributed by atoms with Crippen LogP contribution in [0.4, 0.5) is 5.82 Å². The van der Waals surface area contributed by atoms with Gasteiger partial charge in [-0.3, -0.25) is 0 Å². The van der Waals surface area contributed by atoms with Crippen LogP contribution in [0.25, 0.3) is 0 Å². The molecule has 0 aliphatic heterocycles. The van der Waals surface area contributed by atoms with E-state index in [4.69, 9.17) is 5.73 Å². The zero-order valence-corrected chi connectivity index (χ0v) is 7.27. The second-order valence-electron chi connectivity index (χ2n) is 2.45. The number of nitrogens with two attached hydrogens (primary N) is 1. The average molecular weight is 166 g/mol. The van der Waals surface area contributed by atoms with Crippen molar-refractivity contribution in [3.05, 3.63) is 18.3 Å². The first-order chi connectivity index (χ1) is 5.88. The van der Waals surface area contributed by atoms with Crippen molar-refractivity contribution in [3.8, 4) is 0 Å². The van der Waals surface area contributed by atoms with Crippen molar-refractivity contribution in [1.82, 2.24) is 10.2 Å². The smallest absolute Gasteiger partial charge is 0.151 e. The van der Waals surface area contributed by atoms with Gasteiger partial charge in [0.1, 0.15) is 0 Å². The third-order valence-corrected chi connectivity index (χ3v) is 1.66. The van der Waals surface area contributed by atoms with Crippen LogP contribution in [0.15, 0.2) is 18.3 Å². The van der Waals surface area contributed by atoms with E-state index in [1.165, 1.54) is 0 Å². The normalized spacial score (nSPS) is 9.83. The minimum absolute atomic E-state index is 0.643. The van der Waals surface area contributed by atoms with Crippen molar-refractivity contribution in [3.63, 3.8) is 0 Å². The van der Waals surface area contributed by atoms with Crippen LogP contribution in [0.2, 0.25) is 0 Å². The molecule has 0 unspecified atom stereocenters. The van der Waals surface area contributed by atoms with E-state index >= 15 is 0 Å². The van der Waals surface area contributed by atoms with E-state index in [1.807, 2.05) is 12.1 Å². The van der Waals surface area contributed by atoms with Gasteiger partial charge in [-0.25, -0.2) is 0 Å². The number of hydrogen-bond acceptors (Lipinski definition) is 4. The molecule has 0 saturated heterocycles. The first kappa shape index (κ1) is 8.93. The van der Waals surface area contributed by atoms with Gasteiger partial charge in [-0.15, -0.1) is 5.10 Å². The summed E-state index contributed by atoms with van der Waals surface area (Å²) in [7, 11) is 0. The molecule has 0 aliphatic carbocycles. The first-order valence-corrected chi connectivity index (χ1v) is 4.11. The van der Waals surface area contributed by atoms with Crippen LogP contribution in [0, 0.1) is 0 Å². The van der Waals surface area contributed by atoms with Crippen molar-refractivity contribution in [1.29, 1.82) is 0 Å². The molecule has 0 radical (unpaired) electrons. The molecule has 4 nitrogen and oxygen atoms in total. The Bertz CT molecular complexity index is 212. The molecule has 1 rings (SSSR count). The van der Waals surface area contributed by atoms with Gasteiger partial charge in [0.15, 0.2) is 5.82 Å². The van der Waals surface area contributed by atoms with Crippen molar-refractivity contribution in [2.75, 3.05) is 24.5 Å². The van der Waals surface area contributed by atoms with E-state index in [9.17, 15) is 0 Å². The zero-order chi connectivity index (χ0) is 8.81. The van der Waals surface area contributed by atoms with Gasteiger partial charge in [-0.1, -0.05) is 0 Å². The van der Waals surface area contributed by atoms with E-state index in [2.05, 4.69) is 22.0 Å². The SMILES string of the molecule is CCN(CCN)c1cccnn1. The maximum atomic E-state index is 5.45. The number of anilines is 1. The summed E-state index contributed by atoms with van der Waals surface area (Å²) in [4.78, 5) is 2.09. The average Bonchev–Trinajstić information content (AvgIpc) is 2.15. The van der Waals surface area contributed by atoms with Crippen LogP contribution in [0.5, 0.6) is 0 Å². The molecule has 1 aromatic heterocycles. The first-order valence-electron chi connectivity index (χ1n) is 4.11. The van der Waals surface area contributed by atoms with Gasteiger partial charge in [-0.2, -0.15) is 5.10 Å². The largest absolute Gasteiger partial charge is 0.354 e. The van der Waals surface area contributed by atoms with E-state index in [0.29, 0.717) is 6.54 Å². The summed E-state index contributed by atoms with van der Waals surface area (Å²) in [5, 5.41) is 7.79. The number of aromatic nitrogens is 2. The predicted octanol–water partition coefficient (Wildman–Crippen LogP) is 0.262. The minimum atomic E-state index is 0.643. The number of likely N-dealkylation sites (N-methyl/N-ethyl adjacent to an activating group) is 1. The maximum Gasteiger partial charge on any atom is 0.151 e. The minimum Gasteiger partial charge on any atom is -0.354 e. The fourth-order valence-electron chi connectivity index (χ4n) is 1.05. The fourth-order valence-corrected chi connectivity index (χ4v) is 1.05. The molecule has 1 heterocycles. The summed E-state index contributed by atoms with van der Waals surface area (Å²) in [5.74, 6) is 0.894. The molecular formula is C8H14N4. The molecule has 0 bridgehead atoms. The van der Waals surface area contributed by atoms with Crippen LogP contribution in [0.3, 0.4) is 0 Å². The third-order valence-electron chi connectivity index (χ3n) is 1.66. The van der Waals surface area contributed by atoms with Crippen LogP contribution in [-0.2, 0) is 0 Å². The molecule has 0 aliphatic rings. The highest BCUT2D eigenvalue weighted by atomic mass is 15.3. The van der Waals surface area contributed by atoms with Crippen molar-refractivity contribution in [2.45, 2.75) is 6.92 Å². The van der Waals surface area contributed by atoms with E-state index in [0.717, 1.165) is 18.9 Å². The van der Waals surface area contributed by atoms with Crippen LogP contribution >= 0.6 is 0 Å². The molecule has 2 N–H and O–H groups in total. The number of rotatable bonds is 4. The molecule has 0 atom stereocenters. The highest BCUT2D eigenvalue weighted by Crippen LogP contribution is 2.05. The zero-order valence-electron chi connectivity index (χ0n) is 7.27. The molecular weight excluding hydrogens is 152 g/mol. The Hall–Kier alpha value is -1.16. The molecule has 4 heteroatoms. The monoisotopic (exact) mass is 166 g/mol. The Morgan fingerprint density at radius 2 is 2.42 bits per heavy atom. The lowest BCUT2D eigenvalue weighted by molar-refractivity contribution is 0.787. The van der Waals surface area contributed by atoms with Crippen molar-refractivity contribution in [2.24, 2.45) is 5.73 Å². The molecule has 12 heavy (non-hydrogen) atoms. The second kappa shape index (κ2) is 4.66.